The lowest BCUT2D eigenvalue weighted by Gasteiger charge is -2.12. The predicted octanol–water partition coefficient (Wildman–Crippen LogP) is 2.38. The van der Waals surface area contributed by atoms with Crippen molar-refractivity contribution in [1.29, 1.82) is 0 Å². The molecule has 1 aliphatic rings. The Kier molecular flexibility index (Phi) is 2.48. The number of aromatic nitrogens is 2. The molecule has 0 spiro atoms. The highest BCUT2D eigenvalue weighted by Gasteiger charge is 2.24. The number of hydrogen-bond acceptors (Lipinski definition) is 2. The summed E-state index contributed by atoms with van der Waals surface area (Å²) in [4.78, 5) is 4.20. The first-order valence-corrected chi connectivity index (χ1v) is 6.01. The SMILES string of the molecule is Cn1ccnc1C(O)c1cccc(C2CC2)c1. The van der Waals surface area contributed by atoms with Crippen molar-refractivity contribution in [3.8, 4) is 0 Å². The van der Waals surface area contributed by atoms with Crippen LogP contribution in [-0.4, -0.2) is 14.7 Å². The Morgan fingerprint density at radius 3 is 2.88 bits per heavy atom. The van der Waals surface area contributed by atoms with E-state index in [1.165, 1.54) is 18.4 Å². The Morgan fingerprint density at radius 1 is 1.41 bits per heavy atom. The summed E-state index contributed by atoms with van der Waals surface area (Å²) in [5.41, 5.74) is 2.28. The monoisotopic (exact) mass is 228 g/mol. The first-order valence-electron chi connectivity index (χ1n) is 6.01. The van der Waals surface area contributed by atoms with Crippen LogP contribution >= 0.6 is 0 Å². The van der Waals surface area contributed by atoms with E-state index in [1.807, 2.05) is 29.9 Å². The molecule has 1 aromatic carbocycles. The minimum Gasteiger partial charge on any atom is -0.380 e. The third-order valence-corrected chi connectivity index (χ3v) is 3.38. The van der Waals surface area contributed by atoms with E-state index in [4.69, 9.17) is 0 Å². The first-order chi connectivity index (χ1) is 8.25. The highest BCUT2D eigenvalue weighted by atomic mass is 16.3. The number of imidazole rings is 1. The minimum atomic E-state index is -0.631. The van der Waals surface area contributed by atoms with Crippen molar-refractivity contribution in [2.45, 2.75) is 24.9 Å². The Morgan fingerprint density at radius 2 is 2.24 bits per heavy atom. The molecular weight excluding hydrogens is 212 g/mol. The largest absolute Gasteiger partial charge is 0.380 e. The lowest BCUT2D eigenvalue weighted by molar-refractivity contribution is 0.206. The molecule has 0 saturated heterocycles. The average molecular weight is 228 g/mol. The zero-order valence-corrected chi connectivity index (χ0v) is 9.87. The van der Waals surface area contributed by atoms with Gasteiger partial charge in [-0.05, 0) is 29.9 Å². The Bertz CT molecular complexity index is 529. The fourth-order valence-corrected chi connectivity index (χ4v) is 2.19. The van der Waals surface area contributed by atoms with Crippen LogP contribution in [-0.2, 0) is 7.05 Å². The van der Waals surface area contributed by atoms with E-state index in [2.05, 4.69) is 17.1 Å². The summed E-state index contributed by atoms with van der Waals surface area (Å²) in [7, 11) is 1.90. The molecule has 0 bridgehead atoms. The lowest BCUT2D eigenvalue weighted by Crippen LogP contribution is -2.07. The van der Waals surface area contributed by atoms with Crippen molar-refractivity contribution >= 4 is 0 Å². The fraction of sp³-hybridized carbons (Fsp3) is 0.357. The minimum absolute atomic E-state index is 0.631. The van der Waals surface area contributed by atoms with Crippen LogP contribution in [0.4, 0.5) is 0 Å². The van der Waals surface area contributed by atoms with E-state index in [1.54, 1.807) is 6.20 Å². The number of rotatable bonds is 3. The van der Waals surface area contributed by atoms with Crippen LogP contribution in [0.25, 0.3) is 0 Å². The summed E-state index contributed by atoms with van der Waals surface area (Å²) < 4.78 is 1.86. The maximum atomic E-state index is 10.3. The van der Waals surface area contributed by atoms with E-state index < -0.39 is 6.10 Å². The summed E-state index contributed by atoms with van der Waals surface area (Å²) in [5.74, 6) is 1.40. The molecule has 1 N–H and O–H groups in total. The number of aliphatic hydroxyl groups excluding tert-OH is 1. The van der Waals surface area contributed by atoms with Gasteiger partial charge < -0.3 is 9.67 Å². The number of benzene rings is 1. The molecule has 17 heavy (non-hydrogen) atoms. The molecule has 3 rings (SSSR count). The van der Waals surface area contributed by atoms with Gasteiger partial charge in [-0.2, -0.15) is 0 Å². The van der Waals surface area contributed by atoms with Gasteiger partial charge in [-0.3, -0.25) is 0 Å². The Balaban J connectivity index is 1.93. The summed E-state index contributed by atoms with van der Waals surface area (Å²) in [6.07, 6.45) is 5.49. The quantitative estimate of drug-likeness (QED) is 0.875. The van der Waals surface area contributed by atoms with E-state index >= 15 is 0 Å². The third-order valence-electron chi connectivity index (χ3n) is 3.38. The summed E-state index contributed by atoms with van der Waals surface area (Å²) in [6.45, 7) is 0. The normalized spacial score (nSPS) is 17.1. The predicted molar refractivity (Wildman–Crippen MR) is 65.7 cm³/mol. The number of aryl methyl sites for hydroxylation is 1. The first kappa shape index (κ1) is 10.5. The third kappa shape index (κ3) is 1.98. The highest BCUT2D eigenvalue weighted by molar-refractivity contribution is 5.32. The molecule has 1 atom stereocenters. The molecule has 1 fully saturated rings. The van der Waals surface area contributed by atoms with E-state index in [0.29, 0.717) is 11.7 Å². The van der Waals surface area contributed by atoms with Gasteiger partial charge in [-0.1, -0.05) is 24.3 Å². The van der Waals surface area contributed by atoms with E-state index in [9.17, 15) is 5.11 Å². The maximum absolute atomic E-state index is 10.3. The van der Waals surface area contributed by atoms with Crippen LogP contribution in [0, 0.1) is 0 Å². The van der Waals surface area contributed by atoms with Gasteiger partial charge in [0, 0.05) is 19.4 Å². The number of aliphatic hydroxyl groups is 1. The smallest absolute Gasteiger partial charge is 0.142 e. The standard InChI is InChI=1S/C14H16N2O/c1-16-8-7-15-14(16)13(17)12-4-2-3-11(9-12)10-5-6-10/h2-4,7-10,13,17H,5-6H2,1H3. The molecule has 2 aromatic rings. The van der Waals surface area contributed by atoms with E-state index in [-0.39, 0.29) is 0 Å². The van der Waals surface area contributed by atoms with Gasteiger partial charge in [-0.15, -0.1) is 0 Å². The summed E-state index contributed by atoms with van der Waals surface area (Å²) in [5, 5.41) is 10.3. The molecule has 3 nitrogen and oxygen atoms in total. The van der Waals surface area contributed by atoms with Gasteiger partial charge in [0.2, 0.25) is 0 Å². The second kappa shape index (κ2) is 4.00. The molecule has 1 aromatic heterocycles. The van der Waals surface area contributed by atoms with E-state index in [0.717, 1.165) is 5.56 Å². The zero-order valence-electron chi connectivity index (χ0n) is 9.87. The molecule has 1 saturated carbocycles. The van der Waals surface area contributed by atoms with Crippen LogP contribution in [0.5, 0.6) is 0 Å². The Labute approximate surface area is 101 Å². The van der Waals surface area contributed by atoms with Gasteiger partial charge in [0.05, 0.1) is 0 Å². The summed E-state index contributed by atoms with van der Waals surface area (Å²) >= 11 is 0. The Hall–Kier alpha value is -1.61. The molecule has 1 unspecified atom stereocenters. The van der Waals surface area contributed by atoms with Crippen LogP contribution < -0.4 is 0 Å². The number of nitrogens with zero attached hydrogens (tertiary/aromatic N) is 2. The van der Waals surface area contributed by atoms with Crippen LogP contribution in [0.1, 0.15) is 41.8 Å². The van der Waals surface area contributed by atoms with Crippen molar-refractivity contribution in [3.63, 3.8) is 0 Å². The summed E-state index contributed by atoms with van der Waals surface area (Å²) in [6, 6.07) is 8.24. The average Bonchev–Trinajstić information content (AvgIpc) is 3.12. The maximum Gasteiger partial charge on any atom is 0.142 e. The molecule has 0 amide bonds. The van der Waals surface area contributed by atoms with Gasteiger partial charge in [0.1, 0.15) is 11.9 Å². The van der Waals surface area contributed by atoms with Gasteiger partial charge in [0.25, 0.3) is 0 Å². The molecular formula is C14H16N2O. The lowest BCUT2D eigenvalue weighted by atomic mass is 10.0. The van der Waals surface area contributed by atoms with Crippen LogP contribution in [0.2, 0.25) is 0 Å². The molecule has 1 aliphatic carbocycles. The molecule has 88 valence electrons. The van der Waals surface area contributed by atoms with Crippen molar-refractivity contribution in [2.24, 2.45) is 7.05 Å². The van der Waals surface area contributed by atoms with Crippen LogP contribution in [0.3, 0.4) is 0 Å². The van der Waals surface area contributed by atoms with Crippen molar-refractivity contribution in [2.75, 3.05) is 0 Å². The van der Waals surface area contributed by atoms with Gasteiger partial charge in [-0.25, -0.2) is 4.98 Å². The van der Waals surface area contributed by atoms with Crippen molar-refractivity contribution < 1.29 is 5.11 Å². The van der Waals surface area contributed by atoms with Crippen LogP contribution in [0.15, 0.2) is 36.7 Å². The van der Waals surface area contributed by atoms with Crippen molar-refractivity contribution in [3.05, 3.63) is 53.6 Å². The molecule has 0 aliphatic heterocycles. The molecule has 1 heterocycles. The second-order valence-electron chi connectivity index (χ2n) is 4.74. The highest BCUT2D eigenvalue weighted by Crippen LogP contribution is 2.40. The fourth-order valence-electron chi connectivity index (χ4n) is 2.19. The molecule has 3 heteroatoms. The second-order valence-corrected chi connectivity index (χ2v) is 4.74. The van der Waals surface area contributed by atoms with Gasteiger partial charge in [0.15, 0.2) is 0 Å². The number of hydrogen-bond donors (Lipinski definition) is 1. The van der Waals surface area contributed by atoms with Crippen molar-refractivity contribution in [1.82, 2.24) is 9.55 Å². The molecule has 0 radical (unpaired) electrons. The topological polar surface area (TPSA) is 38.0 Å². The zero-order chi connectivity index (χ0) is 11.8. The van der Waals surface area contributed by atoms with Gasteiger partial charge >= 0.3 is 0 Å².